The molecule has 1 aromatic heterocycles. The van der Waals surface area contributed by atoms with Gasteiger partial charge in [-0.15, -0.1) is 0 Å². The molecular formula is C10H14N2O2. The molecule has 76 valence electrons. The highest BCUT2D eigenvalue weighted by atomic mass is 16.5. The molecule has 2 atom stereocenters. The monoisotopic (exact) mass is 194 g/mol. The van der Waals surface area contributed by atoms with Crippen molar-refractivity contribution in [2.75, 3.05) is 7.11 Å². The summed E-state index contributed by atoms with van der Waals surface area (Å²) in [7, 11) is 1.43. The minimum Gasteiger partial charge on any atom is -0.469 e. The summed E-state index contributed by atoms with van der Waals surface area (Å²) < 4.78 is 4.78. The van der Waals surface area contributed by atoms with E-state index in [4.69, 9.17) is 4.74 Å². The minimum absolute atomic E-state index is 0.152. The van der Waals surface area contributed by atoms with Crippen LogP contribution in [0, 0.1) is 5.92 Å². The van der Waals surface area contributed by atoms with Crippen molar-refractivity contribution in [2.24, 2.45) is 5.92 Å². The number of aromatic amines is 1. The molecule has 0 fully saturated rings. The number of aromatic nitrogens is 2. The molecule has 0 radical (unpaired) electrons. The van der Waals surface area contributed by atoms with Crippen LogP contribution in [0.25, 0.3) is 0 Å². The van der Waals surface area contributed by atoms with E-state index in [0.29, 0.717) is 5.92 Å². The first-order chi connectivity index (χ1) is 6.72. The zero-order valence-corrected chi connectivity index (χ0v) is 8.41. The third kappa shape index (κ3) is 1.41. The van der Waals surface area contributed by atoms with Crippen molar-refractivity contribution in [3.8, 4) is 0 Å². The molecule has 1 aliphatic rings. The number of methoxy groups -OCH3 is 1. The van der Waals surface area contributed by atoms with Gasteiger partial charge in [-0.2, -0.15) is 5.10 Å². The fraction of sp³-hybridized carbons (Fsp3) is 0.600. The standard InChI is InChI=1S/C10H14N2O2/c1-6-3-7-5-11-12-9(7)8(4-6)10(13)14-2/h5-6,8H,3-4H2,1-2H3,(H,11,12)/t6-,8-/m1/s1. The van der Waals surface area contributed by atoms with Crippen LogP contribution in [-0.2, 0) is 16.0 Å². The molecule has 0 aliphatic heterocycles. The Hall–Kier alpha value is -1.32. The maximum absolute atomic E-state index is 11.5. The molecule has 4 nitrogen and oxygen atoms in total. The molecule has 1 aromatic rings. The van der Waals surface area contributed by atoms with Crippen molar-refractivity contribution in [3.63, 3.8) is 0 Å². The smallest absolute Gasteiger partial charge is 0.314 e. The zero-order chi connectivity index (χ0) is 10.1. The fourth-order valence-corrected chi connectivity index (χ4v) is 2.12. The third-order valence-corrected chi connectivity index (χ3v) is 2.79. The van der Waals surface area contributed by atoms with Crippen molar-refractivity contribution in [1.82, 2.24) is 10.2 Å². The first-order valence-corrected chi connectivity index (χ1v) is 4.82. The first-order valence-electron chi connectivity index (χ1n) is 4.82. The van der Waals surface area contributed by atoms with Gasteiger partial charge in [0.05, 0.1) is 24.9 Å². The average Bonchev–Trinajstić information content (AvgIpc) is 2.62. The highest BCUT2D eigenvalue weighted by molar-refractivity contribution is 5.78. The number of carbonyl (C=O) groups excluding carboxylic acids is 1. The number of carbonyl (C=O) groups is 1. The molecule has 0 saturated carbocycles. The van der Waals surface area contributed by atoms with Gasteiger partial charge in [0.15, 0.2) is 0 Å². The van der Waals surface area contributed by atoms with Gasteiger partial charge in [-0.05, 0) is 24.3 Å². The molecule has 1 heterocycles. The maximum atomic E-state index is 11.5. The molecule has 4 heteroatoms. The van der Waals surface area contributed by atoms with E-state index in [2.05, 4.69) is 17.1 Å². The first kappa shape index (κ1) is 9.24. The lowest BCUT2D eigenvalue weighted by Gasteiger charge is -2.24. The summed E-state index contributed by atoms with van der Waals surface area (Å²) in [5, 5.41) is 6.87. The molecule has 0 bridgehead atoms. The summed E-state index contributed by atoms with van der Waals surface area (Å²) in [5.41, 5.74) is 2.09. The predicted molar refractivity (Wildman–Crippen MR) is 50.8 cm³/mol. The zero-order valence-electron chi connectivity index (χ0n) is 8.41. The lowest BCUT2D eigenvalue weighted by molar-refractivity contribution is -0.143. The average molecular weight is 194 g/mol. The largest absolute Gasteiger partial charge is 0.469 e. The molecule has 0 spiro atoms. The summed E-state index contributed by atoms with van der Waals surface area (Å²) in [6.45, 7) is 2.14. The molecule has 0 amide bonds. The number of H-pyrrole nitrogens is 1. The normalized spacial score (nSPS) is 25.6. The van der Waals surface area contributed by atoms with Gasteiger partial charge in [-0.3, -0.25) is 9.89 Å². The Morgan fingerprint density at radius 3 is 3.21 bits per heavy atom. The number of rotatable bonds is 1. The number of hydrogen-bond donors (Lipinski definition) is 1. The summed E-state index contributed by atoms with van der Waals surface area (Å²) >= 11 is 0. The van der Waals surface area contributed by atoms with E-state index in [9.17, 15) is 4.79 Å². The minimum atomic E-state index is -0.165. The molecular weight excluding hydrogens is 180 g/mol. The number of esters is 1. The molecule has 1 N–H and O–H groups in total. The molecule has 0 saturated heterocycles. The third-order valence-electron chi connectivity index (χ3n) is 2.79. The Morgan fingerprint density at radius 2 is 2.50 bits per heavy atom. The van der Waals surface area contributed by atoms with Crippen LogP contribution in [0.1, 0.15) is 30.5 Å². The Labute approximate surface area is 82.7 Å². The second-order valence-electron chi connectivity index (χ2n) is 3.93. The van der Waals surface area contributed by atoms with Crippen LogP contribution in [0.2, 0.25) is 0 Å². The van der Waals surface area contributed by atoms with E-state index in [1.54, 1.807) is 6.20 Å². The van der Waals surface area contributed by atoms with Crippen molar-refractivity contribution < 1.29 is 9.53 Å². The van der Waals surface area contributed by atoms with E-state index in [1.807, 2.05) is 0 Å². The molecule has 2 rings (SSSR count). The van der Waals surface area contributed by atoms with Crippen LogP contribution in [-0.4, -0.2) is 23.3 Å². The Bertz CT molecular complexity index is 346. The SMILES string of the molecule is COC(=O)[C@@H]1C[C@H](C)Cc2cn[nH]c21. The van der Waals surface area contributed by atoms with Gasteiger partial charge >= 0.3 is 5.97 Å². The van der Waals surface area contributed by atoms with E-state index >= 15 is 0 Å². The van der Waals surface area contributed by atoms with Gasteiger partial charge in [0, 0.05) is 0 Å². The topological polar surface area (TPSA) is 55.0 Å². The van der Waals surface area contributed by atoms with Gasteiger partial charge < -0.3 is 4.74 Å². The summed E-state index contributed by atoms with van der Waals surface area (Å²) in [6.07, 6.45) is 3.65. The van der Waals surface area contributed by atoms with Gasteiger partial charge in [0.1, 0.15) is 0 Å². The number of ether oxygens (including phenoxy) is 1. The lowest BCUT2D eigenvalue weighted by Crippen LogP contribution is -2.23. The Kier molecular flexibility index (Phi) is 2.27. The number of nitrogens with one attached hydrogen (secondary N) is 1. The highest BCUT2D eigenvalue weighted by Gasteiger charge is 2.32. The quantitative estimate of drug-likeness (QED) is 0.684. The highest BCUT2D eigenvalue weighted by Crippen LogP contribution is 2.33. The molecule has 0 unspecified atom stereocenters. The van der Waals surface area contributed by atoms with E-state index < -0.39 is 0 Å². The maximum Gasteiger partial charge on any atom is 0.314 e. The number of hydrogen-bond acceptors (Lipinski definition) is 3. The van der Waals surface area contributed by atoms with E-state index in [-0.39, 0.29) is 11.9 Å². The molecule has 14 heavy (non-hydrogen) atoms. The van der Waals surface area contributed by atoms with E-state index in [1.165, 1.54) is 7.11 Å². The lowest BCUT2D eigenvalue weighted by atomic mass is 9.81. The van der Waals surface area contributed by atoms with Crippen LogP contribution in [0.4, 0.5) is 0 Å². The number of fused-ring (bicyclic) bond motifs is 1. The number of nitrogens with zero attached hydrogens (tertiary/aromatic N) is 1. The molecule has 0 aromatic carbocycles. The second kappa shape index (κ2) is 3.44. The van der Waals surface area contributed by atoms with Crippen LogP contribution in [0.3, 0.4) is 0 Å². The Balaban J connectivity index is 2.32. The van der Waals surface area contributed by atoms with Gasteiger partial charge in [0.25, 0.3) is 0 Å². The van der Waals surface area contributed by atoms with Gasteiger partial charge in [0.2, 0.25) is 0 Å². The van der Waals surface area contributed by atoms with E-state index in [0.717, 1.165) is 24.1 Å². The van der Waals surface area contributed by atoms with Crippen molar-refractivity contribution in [1.29, 1.82) is 0 Å². The fourth-order valence-electron chi connectivity index (χ4n) is 2.12. The van der Waals surface area contributed by atoms with Crippen LogP contribution < -0.4 is 0 Å². The summed E-state index contributed by atoms with van der Waals surface area (Å²) in [4.78, 5) is 11.5. The molecule has 1 aliphatic carbocycles. The summed E-state index contributed by atoms with van der Waals surface area (Å²) in [6, 6.07) is 0. The van der Waals surface area contributed by atoms with Crippen molar-refractivity contribution in [2.45, 2.75) is 25.7 Å². The van der Waals surface area contributed by atoms with Crippen LogP contribution in [0.5, 0.6) is 0 Å². The summed E-state index contributed by atoms with van der Waals surface area (Å²) in [5.74, 6) is 0.201. The predicted octanol–water partition coefficient (Wildman–Crippen LogP) is 1.25. The van der Waals surface area contributed by atoms with Crippen LogP contribution in [0.15, 0.2) is 6.20 Å². The van der Waals surface area contributed by atoms with Gasteiger partial charge in [-0.25, -0.2) is 0 Å². The second-order valence-corrected chi connectivity index (χ2v) is 3.93. The van der Waals surface area contributed by atoms with Crippen LogP contribution >= 0.6 is 0 Å². The van der Waals surface area contributed by atoms with Gasteiger partial charge in [-0.1, -0.05) is 6.92 Å². The Morgan fingerprint density at radius 1 is 1.71 bits per heavy atom. The van der Waals surface area contributed by atoms with Crippen molar-refractivity contribution >= 4 is 5.97 Å². The van der Waals surface area contributed by atoms with Crippen molar-refractivity contribution in [3.05, 3.63) is 17.5 Å².